The van der Waals surface area contributed by atoms with Crippen molar-refractivity contribution in [2.45, 2.75) is 58.4 Å². The molecule has 130 valence electrons. The van der Waals surface area contributed by atoms with Gasteiger partial charge < -0.3 is 10.2 Å². The van der Waals surface area contributed by atoms with Gasteiger partial charge in [-0.1, -0.05) is 0 Å². The maximum Gasteiger partial charge on any atom is 0.253 e. The highest BCUT2D eigenvalue weighted by molar-refractivity contribution is 5.95. The van der Waals surface area contributed by atoms with Crippen molar-refractivity contribution in [2.75, 3.05) is 13.1 Å². The third kappa shape index (κ3) is 3.77. The number of nitrogens with zero attached hydrogens (tertiary/aromatic N) is 2. The Morgan fingerprint density at radius 1 is 1.17 bits per heavy atom. The van der Waals surface area contributed by atoms with Gasteiger partial charge in [-0.2, -0.15) is 0 Å². The Hall–Kier alpha value is -1.91. The Kier molecular flexibility index (Phi) is 4.88. The van der Waals surface area contributed by atoms with Crippen molar-refractivity contribution in [3.8, 4) is 0 Å². The van der Waals surface area contributed by atoms with Crippen LogP contribution in [-0.4, -0.2) is 40.8 Å². The second-order valence-electron chi connectivity index (χ2n) is 7.39. The molecule has 0 atom stereocenters. The highest BCUT2D eigenvalue weighted by Crippen LogP contribution is 2.34. The highest BCUT2D eigenvalue weighted by Gasteiger charge is 2.35. The lowest BCUT2D eigenvalue weighted by molar-refractivity contribution is -0.133. The number of pyridine rings is 1. The molecule has 1 aromatic rings. The minimum absolute atomic E-state index is 0.0519. The number of rotatable bonds is 4. The number of likely N-dealkylation sites (tertiary alicyclic amines) is 1. The first-order valence-electron chi connectivity index (χ1n) is 9.03. The van der Waals surface area contributed by atoms with Gasteiger partial charge in [-0.15, -0.1) is 0 Å². The van der Waals surface area contributed by atoms with Crippen LogP contribution in [0.3, 0.4) is 0 Å². The molecule has 1 N–H and O–H groups in total. The van der Waals surface area contributed by atoms with Crippen molar-refractivity contribution >= 4 is 11.8 Å². The number of amides is 2. The second kappa shape index (κ2) is 6.91. The molecule has 2 heterocycles. The molecule has 5 heteroatoms. The molecule has 5 nitrogen and oxygen atoms in total. The lowest BCUT2D eigenvalue weighted by Crippen LogP contribution is -2.39. The van der Waals surface area contributed by atoms with Crippen LogP contribution in [0.25, 0.3) is 0 Å². The molecule has 1 aliphatic heterocycles. The number of nitrogens with one attached hydrogen (secondary N) is 1. The van der Waals surface area contributed by atoms with Gasteiger partial charge in [0, 0.05) is 36.7 Å². The smallest absolute Gasteiger partial charge is 0.253 e. The maximum atomic E-state index is 12.5. The molecule has 2 amide bonds. The van der Waals surface area contributed by atoms with Gasteiger partial charge in [0.05, 0.1) is 11.3 Å². The SMILES string of the molecule is Cc1ccc(C(=O)NC(C)C)c(C2CCN(C(=O)C3CC3)CC2)n1. The summed E-state index contributed by atoms with van der Waals surface area (Å²) in [6.07, 6.45) is 3.88. The first-order chi connectivity index (χ1) is 11.5. The van der Waals surface area contributed by atoms with E-state index in [9.17, 15) is 9.59 Å². The average molecular weight is 329 g/mol. The van der Waals surface area contributed by atoms with E-state index in [1.165, 1.54) is 0 Å². The molecule has 0 radical (unpaired) electrons. The molecule has 0 unspecified atom stereocenters. The quantitative estimate of drug-likeness (QED) is 0.924. The fourth-order valence-corrected chi connectivity index (χ4v) is 3.38. The van der Waals surface area contributed by atoms with Gasteiger partial charge in [-0.3, -0.25) is 14.6 Å². The molecular formula is C19H27N3O2. The molecule has 1 aromatic heterocycles. The Morgan fingerprint density at radius 2 is 1.83 bits per heavy atom. The first kappa shape index (κ1) is 16.9. The minimum Gasteiger partial charge on any atom is -0.350 e. The predicted molar refractivity (Wildman–Crippen MR) is 92.9 cm³/mol. The lowest BCUT2D eigenvalue weighted by atomic mass is 9.89. The van der Waals surface area contributed by atoms with Crippen molar-refractivity contribution < 1.29 is 9.59 Å². The summed E-state index contributed by atoms with van der Waals surface area (Å²) in [6, 6.07) is 3.88. The largest absolute Gasteiger partial charge is 0.350 e. The minimum atomic E-state index is -0.0519. The molecule has 2 aliphatic rings. The molecule has 1 saturated carbocycles. The monoisotopic (exact) mass is 329 g/mol. The van der Waals surface area contributed by atoms with Gasteiger partial charge in [0.1, 0.15) is 0 Å². The Bertz CT molecular complexity index is 629. The van der Waals surface area contributed by atoms with Crippen LogP contribution in [0.1, 0.15) is 67.2 Å². The lowest BCUT2D eigenvalue weighted by Gasteiger charge is -2.32. The normalized spacial score (nSPS) is 18.8. The molecule has 1 aliphatic carbocycles. The van der Waals surface area contributed by atoms with Crippen LogP contribution in [0.5, 0.6) is 0 Å². The topological polar surface area (TPSA) is 62.3 Å². The number of carbonyl (C=O) groups excluding carboxylic acids is 2. The van der Waals surface area contributed by atoms with E-state index in [-0.39, 0.29) is 23.8 Å². The zero-order chi connectivity index (χ0) is 17.3. The Balaban J connectivity index is 1.73. The Labute approximate surface area is 143 Å². The molecule has 2 fully saturated rings. The van der Waals surface area contributed by atoms with Crippen molar-refractivity contribution in [3.63, 3.8) is 0 Å². The second-order valence-corrected chi connectivity index (χ2v) is 7.39. The summed E-state index contributed by atoms with van der Waals surface area (Å²) in [7, 11) is 0. The van der Waals surface area contributed by atoms with Crippen LogP contribution < -0.4 is 5.32 Å². The molecule has 0 spiro atoms. The van der Waals surface area contributed by atoms with Gasteiger partial charge in [0.2, 0.25) is 5.91 Å². The van der Waals surface area contributed by atoms with Crippen LogP contribution in [0.2, 0.25) is 0 Å². The van der Waals surface area contributed by atoms with Gasteiger partial charge in [-0.25, -0.2) is 0 Å². The summed E-state index contributed by atoms with van der Waals surface area (Å²) in [5.41, 5.74) is 2.51. The van der Waals surface area contributed by atoms with Crippen LogP contribution >= 0.6 is 0 Å². The van der Waals surface area contributed by atoms with Gasteiger partial charge in [0.15, 0.2) is 0 Å². The van der Waals surface area contributed by atoms with Crippen LogP contribution in [0.15, 0.2) is 12.1 Å². The average Bonchev–Trinajstić information content (AvgIpc) is 3.38. The maximum absolute atomic E-state index is 12.5. The van der Waals surface area contributed by atoms with Crippen LogP contribution in [-0.2, 0) is 4.79 Å². The summed E-state index contributed by atoms with van der Waals surface area (Å²) in [6.45, 7) is 7.43. The Morgan fingerprint density at radius 3 is 2.42 bits per heavy atom. The first-order valence-corrected chi connectivity index (χ1v) is 9.03. The van der Waals surface area contributed by atoms with E-state index < -0.39 is 0 Å². The third-order valence-electron chi connectivity index (χ3n) is 4.85. The molecule has 3 rings (SSSR count). The fourth-order valence-electron chi connectivity index (χ4n) is 3.38. The van der Waals surface area contributed by atoms with Crippen molar-refractivity contribution in [1.29, 1.82) is 0 Å². The summed E-state index contributed by atoms with van der Waals surface area (Å²) in [4.78, 5) is 31.4. The summed E-state index contributed by atoms with van der Waals surface area (Å²) in [5, 5.41) is 2.96. The number of hydrogen-bond acceptors (Lipinski definition) is 3. The summed E-state index contributed by atoms with van der Waals surface area (Å²) < 4.78 is 0. The molecule has 0 aromatic carbocycles. The van der Waals surface area contributed by atoms with E-state index in [0.717, 1.165) is 50.2 Å². The third-order valence-corrected chi connectivity index (χ3v) is 4.85. The fraction of sp³-hybridized carbons (Fsp3) is 0.632. The van der Waals surface area contributed by atoms with Crippen LogP contribution in [0, 0.1) is 12.8 Å². The highest BCUT2D eigenvalue weighted by atomic mass is 16.2. The number of hydrogen-bond donors (Lipinski definition) is 1. The number of aryl methyl sites for hydroxylation is 1. The van der Waals surface area contributed by atoms with E-state index in [4.69, 9.17) is 0 Å². The number of aromatic nitrogens is 1. The standard InChI is InChI=1S/C19H27N3O2/c1-12(2)20-18(23)16-7-4-13(3)21-17(16)14-8-10-22(11-9-14)19(24)15-5-6-15/h4,7,12,14-15H,5-6,8-11H2,1-3H3,(H,20,23). The van der Waals surface area contributed by atoms with E-state index in [1.807, 2.05) is 37.8 Å². The molecule has 0 bridgehead atoms. The molecular weight excluding hydrogens is 302 g/mol. The van der Waals surface area contributed by atoms with E-state index in [2.05, 4.69) is 10.3 Å². The number of piperidine rings is 1. The van der Waals surface area contributed by atoms with E-state index >= 15 is 0 Å². The van der Waals surface area contributed by atoms with Gasteiger partial charge >= 0.3 is 0 Å². The molecule has 1 saturated heterocycles. The zero-order valence-electron chi connectivity index (χ0n) is 14.8. The van der Waals surface area contributed by atoms with E-state index in [0.29, 0.717) is 11.5 Å². The van der Waals surface area contributed by atoms with Crippen LogP contribution in [0.4, 0.5) is 0 Å². The zero-order valence-corrected chi connectivity index (χ0v) is 14.8. The number of carbonyl (C=O) groups is 2. The van der Waals surface area contributed by atoms with Crippen molar-refractivity contribution in [3.05, 3.63) is 29.1 Å². The summed E-state index contributed by atoms with van der Waals surface area (Å²) >= 11 is 0. The van der Waals surface area contributed by atoms with Gasteiger partial charge in [0.25, 0.3) is 5.91 Å². The van der Waals surface area contributed by atoms with Gasteiger partial charge in [-0.05, 0) is 58.6 Å². The summed E-state index contributed by atoms with van der Waals surface area (Å²) in [5.74, 6) is 0.805. The molecule has 24 heavy (non-hydrogen) atoms. The predicted octanol–water partition coefficient (Wildman–Crippen LogP) is 2.64. The van der Waals surface area contributed by atoms with E-state index in [1.54, 1.807) is 0 Å². The van der Waals surface area contributed by atoms with Crippen molar-refractivity contribution in [2.24, 2.45) is 5.92 Å². The van der Waals surface area contributed by atoms with Crippen molar-refractivity contribution in [1.82, 2.24) is 15.2 Å².